The van der Waals surface area contributed by atoms with Crippen LogP contribution in [0, 0.1) is 6.92 Å². The van der Waals surface area contributed by atoms with Gasteiger partial charge in [-0.05, 0) is 36.2 Å². The normalized spacial score (nSPS) is 10.6. The molecule has 0 bridgehead atoms. The summed E-state index contributed by atoms with van der Waals surface area (Å²) in [4.78, 5) is 14.4. The lowest BCUT2D eigenvalue weighted by Crippen LogP contribution is -2.08. The van der Waals surface area contributed by atoms with Crippen molar-refractivity contribution in [2.24, 2.45) is 0 Å². The predicted octanol–water partition coefficient (Wildman–Crippen LogP) is 4.31. The number of halogens is 3. The van der Waals surface area contributed by atoms with Crippen LogP contribution >= 0.6 is 34.8 Å². The van der Waals surface area contributed by atoms with Gasteiger partial charge in [0.2, 0.25) is 0 Å². The van der Waals surface area contributed by atoms with Crippen molar-refractivity contribution in [2.45, 2.75) is 6.92 Å². The molecule has 5 heteroatoms. The number of aromatic amines is 1. The molecule has 17 heavy (non-hydrogen) atoms. The van der Waals surface area contributed by atoms with Crippen LogP contribution in [0.5, 0.6) is 0 Å². The molecule has 0 saturated carbocycles. The van der Waals surface area contributed by atoms with E-state index in [2.05, 4.69) is 4.98 Å². The summed E-state index contributed by atoms with van der Waals surface area (Å²) in [5.74, 6) is 0. The predicted molar refractivity (Wildman–Crippen MR) is 72.3 cm³/mol. The van der Waals surface area contributed by atoms with E-state index in [1.165, 1.54) is 0 Å². The number of nitrogens with one attached hydrogen (secondary N) is 1. The zero-order chi connectivity index (χ0) is 12.6. The molecule has 0 aliphatic heterocycles. The summed E-state index contributed by atoms with van der Waals surface area (Å²) in [6.07, 6.45) is 1.64. The minimum absolute atomic E-state index is 0.190. The number of aromatic nitrogens is 1. The number of hydrogen-bond donors (Lipinski definition) is 1. The van der Waals surface area contributed by atoms with Crippen molar-refractivity contribution in [1.29, 1.82) is 0 Å². The molecule has 2 nitrogen and oxygen atoms in total. The standard InChI is InChI=1S/C12H8Cl3NO/c1-6-2-8(12(17)16-5-6)7-3-9(13)11(15)10(14)4-7/h2-5H,1H3,(H,16,17). The van der Waals surface area contributed by atoms with E-state index in [0.717, 1.165) is 5.56 Å². The third-order valence-electron chi connectivity index (χ3n) is 2.34. The summed E-state index contributed by atoms with van der Waals surface area (Å²) in [5.41, 5.74) is 1.92. The molecule has 0 fully saturated rings. The average Bonchev–Trinajstić information content (AvgIpc) is 2.28. The minimum atomic E-state index is -0.190. The zero-order valence-electron chi connectivity index (χ0n) is 8.85. The number of pyridine rings is 1. The fourth-order valence-electron chi connectivity index (χ4n) is 1.52. The Morgan fingerprint density at radius 3 is 2.24 bits per heavy atom. The molecule has 0 spiro atoms. The van der Waals surface area contributed by atoms with Crippen LogP contribution in [0.1, 0.15) is 5.56 Å². The molecule has 1 N–H and O–H groups in total. The molecule has 0 aliphatic carbocycles. The molecule has 0 unspecified atom stereocenters. The topological polar surface area (TPSA) is 32.9 Å². The van der Waals surface area contributed by atoms with Gasteiger partial charge in [0.1, 0.15) is 0 Å². The van der Waals surface area contributed by atoms with E-state index < -0.39 is 0 Å². The largest absolute Gasteiger partial charge is 0.328 e. The SMILES string of the molecule is Cc1c[nH]c(=O)c(-c2cc(Cl)c(Cl)c(Cl)c2)c1. The Hall–Kier alpha value is -0.960. The molecule has 88 valence electrons. The van der Waals surface area contributed by atoms with Crippen LogP contribution in [0.25, 0.3) is 11.1 Å². The maximum atomic E-state index is 11.7. The highest BCUT2D eigenvalue weighted by Crippen LogP contribution is 2.34. The van der Waals surface area contributed by atoms with Crippen LogP contribution in [-0.2, 0) is 0 Å². The molecule has 0 saturated heterocycles. The number of rotatable bonds is 1. The Morgan fingerprint density at radius 1 is 1.06 bits per heavy atom. The summed E-state index contributed by atoms with van der Waals surface area (Å²) in [6.45, 7) is 1.89. The molecule has 1 heterocycles. The fraction of sp³-hybridized carbons (Fsp3) is 0.0833. The molecule has 0 amide bonds. The third-order valence-corrected chi connectivity index (χ3v) is 3.54. The van der Waals surface area contributed by atoms with Crippen LogP contribution in [0.2, 0.25) is 15.1 Å². The molecular weight excluding hydrogens is 280 g/mol. The smallest absolute Gasteiger partial charge is 0.255 e. The van der Waals surface area contributed by atoms with Gasteiger partial charge < -0.3 is 4.98 Å². The minimum Gasteiger partial charge on any atom is -0.328 e. The van der Waals surface area contributed by atoms with Crippen LogP contribution < -0.4 is 5.56 Å². The maximum absolute atomic E-state index is 11.7. The molecule has 2 rings (SSSR count). The lowest BCUT2D eigenvalue weighted by molar-refractivity contribution is 1.20. The van der Waals surface area contributed by atoms with E-state index in [0.29, 0.717) is 26.2 Å². The van der Waals surface area contributed by atoms with E-state index in [1.54, 1.807) is 24.4 Å². The second-order valence-corrected chi connectivity index (χ2v) is 4.87. The molecular formula is C12H8Cl3NO. The first-order valence-electron chi connectivity index (χ1n) is 4.83. The van der Waals surface area contributed by atoms with Crippen molar-refractivity contribution >= 4 is 34.8 Å². The van der Waals surface area contributed by atoms with Gasteiger partial charge in [-0.2, -0.15) is 0 Å². The van der Waals surface area contributed by atoms with Gasteiger partial charge in [-0.3, -0.25) is 4.79 Å². The summed E-state index contributed by atoms with van der Waals surface area (Å²) >= 11 is 17.7. The second-order valence-electron chi connectivity index (χ2n) is 3.67. The van der Waals surface area contributed by atoms with Gasteiger partial charge in [0, 0.05) is 11.8 Å². The Kier molecular flexibility index (Phi) is 3.48. The first kappa shape index (κ1) is 12.5. The van der Waals surface area contributed by atoms with Crippen molar-refractivity contribution in [1.82, 2.24) is 4.98 Å². The molecule has 1 aromatic heterocycles. The van der Waals surface area contributed by atoms with E-state index in [-0.39, 0.29) is 5.56 Å². The molecule has 0 aliphatic rings. The number of aryl methyl sites for hydroxylation is 1. The van der Waals surface area contributed by atoms with Crippen LogP contribution in [0.4, 0.5) is 0 Å². The summed E-state index contributed by atoms with van der Waals surface area (Å²) in [7, 11) is 0. The van der Waals surface area contributed by atoms with Gasteiger partial charge in [0.05, 0.1) is 15.1 Å². The maximum Gasteiger partial charge on any atom is 0.255 e. The Labute approximate surface area is 113 Å². The molecule has 2 aromatic rings. The summed E-state index contributed by atoms with van der Waals surface area (Å²) in [6, 6.07) is 5.02. The quantitative estimate of drug-likeness (QED) is 0.779. The lowest BCUT2D eigenvalue weighted by atomic mass is 10.1. The zero-order valence-corrected chi connectivity index (χ0v) is 11.1. The van der Waals surface area contributed by atoms with Gasteiger partial charge in [-0.1, -0.05) is 34.8 Å². The highest BCUT2D eigenvalue weighted by Gasteiger charge is 2.10. The van der Waals surface area contributed by atoms with Crippen molar-refractivity contribution in [3.05, 3.63) is 55.4 Å². The molecule has 0 radical (unpaired) electrons. The Bertz CT molecular complexity index is 611. The van der Waals surface area contributed by atoms with Gasteiger partial charge in [-0.15, -0.1) is 0 Å². The Balaban J connectivity index is 2.69. The average molecular weight is 289 g/mol. The first-order chi connectivity index (χ1) is 7.99. The van der Waals surface area contributed by atoms with Crippen LogP contribution in [0.15, 0.2) is 29.2 Å². The van der Waals surface area contributed by atoms with Crippen molar-refractivity contribution in [3.63, 3.8) is 0 Å². The monoisotopic (exact) mass is 287 g/mol. The van der Waals surface area contributed by atoms with Crippen LogP contribution in [-0.4, -0.2) is 4.98 Å². The molecule has 0 atom stereocenters. The number of benzene rings is 1. The first-order valence-corrected chi connectivity index (χ1v) is 5.96. The molecule has 1 aromatic carbocycles. The highest BCUT2D eigenvalue weighted by molar-refractivity contribution is 6.48. The van der Waals surface area contributed by atoms with Gasteiger partial charge >= 0.3 is 0 Å². The highest BCUT2D eigenvalue weighted by atomic mass is 35.5. The number of hydrogen-bond acceptors (Lipinski definition) is 1. The Morgan fingerprint density at radius 2 is 1.65 bits per heavy atom. The summed E-state index contributed by atoms with van der Waals surface area (Å²) < 4.78 is 0. The van der Waals surface area contributed by atoms with E-state index in [1.807, 2.05) is 6.92 Å². The number of H-pyrrole nitrogens is 1. The lowest BCUT2D eigenvalue weighted by Gasteiger charge is -2.05. The summed E-state index contributed by atoms with van der Waals surface area (Å²) in [5, 5.41) is 0.950. The van der Waals surface area contributed by atoms with E-state index >= 15 is 0 Å². The van der Waals surface area contributed by atoms with Gasteiger partial charge in [-0.25, -0.2) is 0 Å². The van der Waals surface area contributed by atoms with E-state index in [4.69, 9.17) is 34.8 Å². The third kappa shape index (κ3) is 2.49. The van der Waals surface area contributed by atoms with Crippen molar-refractivity contribution in [2.75, 3.05) is 0 Å². The second kappa shape index (κ2) is 4.73. The van der Waals surface area contributed by atoms with E-state index in [9.17, 15) is 4.79 Å². The van der Waals surface area contributed by atoms with Crippen LogP contribution in [0.3, 0.4) is 0 Å². The van der Waals surface area contributed by atoms with Crippen molar-refractivity contribution in [3.8, 4) is 11.1 Å². The van der Waals surface area contributed by atoms with Gasteiger partial charge in [0.15, 0.2) is 0 Å². The van der Waals surface area contributed by atoms with Gasteiger partial charge in [0.25, 0.3) is 5.56 Å². The van der Waals surface area contributed by atoms with Crippen molar-refractivity contribution < 1.29 is 0 Å². The fourth-order valence-corrected chi connectivity index (χ4v) is 2.11.